The van der Waals surface area contributed by atoms with Gasteiger partial charge in [0.25, 0.3) is 0 Å². The summed E-state index contributed by atoms with van der Waals surface area (Å²) >= 11 is 5.69. The number of hydrogen-bond acceptors (Lipinski definition) is 1. The summed E-state index contributed by atoms with van der Waals surface area (Å²) in [6, 6.07) is 4.33. The zero-order valence-electron chi connectivity index (χ0n) is 9.10. The van der Waals surface area contributed by atoms with Gasteiger partial charge in [0.1, 0.15) is 0 Å². The van der Waals surface area contributed by atoms with Crippen molar-refractivity contribution in [1.29, 1.82) is 0 Å². The summed E-state index contributed by atoms with van der Waals surface area (Å²) < 4.78 is 0. The van der Waals surface area contributed by atoms with E-state index < -0.39 is 0 Å². The predicted octanol–water partition coefficient (Wildman–Crippen LogP) is 3.24. The summed E-state index contributed by atoms with van der Waals surface area (Å²) in [6.45, 7) is 6.40. The van der Waals surface area contributed by atoms with Crippen LogP contribution in [0.5, 0.6) is 0 Å². The van der Waals surface area contributed by atoms with Gasteiger partial charge in [-0.25, -0.2) is 0 Å². The maximum atomic E-state index is 6.04. The quantitative estimate of drug-likeness (QED) is 0.764. The summed E-state index contributed by atoms with van der Waals surface area (Å²) in [5, 5.41) is 0. The van der Waals surface area contributed by atoms with Crippen LogP contribution in [-0.4, -0.2) is 5.88 Å². The molecule has 0 aromatic heterocycles. The Balaban J connectivity index is 3.04. The van der Waals surface area contributed by atoms with Crippen LogP contribution in [0.15, 0.2) is 12.1 Å². The van der Waals surface area contributed by atoms with Crippen molar-refractivity contribution in [2.45, 2.75) is 33.2 Å². The molecule has 1 atom stereocenters. The first-order valence-electron chi connectivity index (χ1n) is 4.96. The lowest BCUT2D eigenvalue weighted by atomic mass is 9.94. The third-order valence-electron chi connectivity index (χ3n) is 2.92. The fourth-order valence-corrected chi connectivity index (χ4v) is 1.89. The number of rotatable bonds is 3. The summed E-state index contributed by atoms with van der Waals surface area (Å²) in [7, 11) is 0. The van der Waals surface area contributed by atoms with Crippen LogP contribution in [0.3, 0.4) is 0 Å². The third-order valence-corrected chi connectivity index (χ3v) is 3.14. The first-order valence-corrected chi connectivity index (χ1v) is 5.49. The molecule has 1 nitrogen and oxygen atoms in total. The van der Waals surface area contributed by atoms with Crippen molar-refractivity contribution in [3.63, 3.8) is 0 Å². The Kier molecular flexibility index (Phi) is 3.97. The molecule has 1 rings (SSSR count). The molecule has 2 heteroatoms. The van der Waals surface area contributed by atoms with Crippen molar-refractivity contribution in [2.24, 2.45) is 5.73 Å². The molecule has 0 aliphatic rings. The van der Waals surface area contributed by atoms with Gasteiger partial charge >= 0.3 is 0 Å². The van der Waals surface area contributed by atoms with E-state index in [1.807, 2.05) is 0 Å². The van der Waals surface area contributed by atoms with Gasteiger partial charge in [0.05, 0.1) is 0 Å². The van der Waals surface area contributed by atoms with Gasteiger partial charge in [-0.1, -0.05) is 12.1 Å². The van der Waals surface area contributed by atoms with E-state index in [9.17, 15) is 0 Å². The van der Waals surface area contributed by atoms with E-state index in [1.54, 1.807) is 0 Å². The van der Waals surface area contributed by atoms with Crippen LogP contribution in [0, 0.1) is 20.8 Å². The number of halogens is 1. The summed E-state index contributed by atoms with van der Waals surface area (Å²) in [5.41, 5.74) is 11.2. The Morgan fingerprint density at radius 2 is 1.86 bits per heavy atom. The second-order valence-electron chi connectivity index (χ2n) is 3.81. The standard InChI is InChI=1S/C12H18ClN/c1-8-4-5-11(10(3)9(8)2)12(14)6-7-13/h4-5,12H,6-7,14H2,1-3H3. The van der Waals surface area contributed by atoms with Crippen molar-refractivity contribution in [3.8, 4) is 0 Å². The molecule has 1 unspecified atom stereocenters. The molecule has 2 N–H and O–H groups in total. The average molecular weight is 212 g/mol. The molecule has 0 fully saturated rings. The summed E-state index contributed by atoms with van der Waals surface area (Å²) in [5.74, 6) is 0.619. The van der Waals surface area contributed by atoms with Crippen molar-refractivity contribution < 1.29 is 0 Å². The minimum atomic E-state index is 0.0757. The molecule has 0 radical (unpaired) electrons. The molecule has 14 heavy (non-hydrogen) atoms. The lowest BCUT2D eigenvalue weighted by Crippen LogP contribution is -2.13. The molecule has 0 aliphatic heterocycles. The highest BCUT2D eigenvalue weighted by Gasteiger charge is 2.10. The highest BCUT2D eigenvalue weighted by molar-refractivity contribution is 6.17. The Morgan fingerprint density at radius 1 is 1.21 bits per heavy atom. The van der Waals surface area contributed by atoms with Crippen LogP contribution in [0.4, 0.5) is 0 Å². The highest BCUT2D eigenvalue weighted by atomic mass is 35.5. The van der Waals surface area contributed by atoms with Gasteiger partial charge in [0.2, 0.25) is 0 Å². The number of aryl methyl sites for hydroxylation is 1. The molecule has 1 aromatic carbocycles. The van der Waals surface area contributed by atoms with Gasteiger partial charge in [-0.05, 0) is 49.4 Å². The lowest BCUT2D eigenvalue weighted by Gasteiger charge is -2.16. The Bertz CT molecular complexity index is 320. The Labute approximate surface area is 91.3 Å². The molecular formula is C12H18ClN. The Morgan fingerprint density at radius 3 is 2.43 bits per heavy atom. The van der Waals surface area contributed by atoms with Gasteiger partial charge in [0.15, 0.2) is 0 Å². The van der Waals surface area contributed by atoms with E-state index >= 15 is 0 Å². The number of hydrogen-bond donors (Lipinski definition) is 1. The lowest BCUT2D eigenvalue weighted by molar-refractivity contribution is 0.697. The first-order chi connectivity index (χ1) is 6.57. The fourth-order valence-electron chi connectivity index (χ4n) is 1.65. The van der Waals surface area contributed by atoms with Crippen molar-refractivity contribution in [2.75, 3.05) is 5.88 Å². The van der Waals surface area contributed by atoms with Crippen LogP contribution in [0.1, 0.15) is 34.7 Å². The zero-order valence-corrected chi connectivity index (χ0v) is 9.86. The maximum absolute atomic E-state index is 6.04. The van der Waals surface area contributed by atoms with Gasteiger partial charge in [-0.3, -0.25) is 0 Å². The fraction of sp³-hybridized carbons (Fsp3) is 0.500. The second kappa shape index (κ2) is 4.81. The maximum Gasteiger partial charge on any atom is 0.0308 e. The second-order valence-corrected chi connectivity index (χ2v) is 4.18. The largest absolute Gasteiger partial charge is 0.324 e. The number of alkyl halides is 1. The molecule has 0 bridgehead atoms. The first kappa shape index (κ1) is 11.5. The van der Waals surface area contributed by atoms with Crippen LogP contribution in [0.2, 0.25) is 0 Å². The molecule has 0 saturated carbocycles. The predicted molar refractivity (Wildman–Crippen MR) is 62.9 cm³/mol. The van der Waals surface area contributed by atoms with E-state index in [0.717, 1.165) is 6.42 Å². The topological polar surface area (TPSA) is 26.0 Å². The van der Waals surface area contributed by atoms with E-state index in [2.05, 4.69) is 32.9 Å². The van der Waals surface area contributed by atoms with Crippen LogP contribution < -0.4 is 5.73 Å². The number of nitrogens with two attached hydrogens (primary N) is 1. The molecule has 0 aliphatic carbocycles. The monoisotopic (exact) mass is 211 g/mol. The van der Waals surface area contributed by atoms with Crippen LogP contribution >= 0.6 is 11.6 Å². The van der Waals surface area contributed by atoms with E-state index in [1.165, 1.54) is 22.3 Å². The van der Waals surface area contributed by atoms with Crippen molar-refractivity contribution in [3.05, 3.63) is 34.4 Å². The molecule has 0 saturated heterocycles. The molecular weight excluding hydrogens is 194 g/mol. The normalized spacial score (nSPS) is 12.9. The van der Waals surface area contributed by atoms with Gasteiger partial charge in [-0.15, -0.1) is 11.6 Å². The minimum absolute atomic E-state index is 0.0757. The van der Waals surface area contributed by atoms with Crippen LogP contribution in [0.25, 0.3) is 0 Å². The van der Waals surface area contributed by atoms with Gasteiger partial charge < -0.3 is 5.73 Å². The van der Waals surface area contributed by atoms with E-state index in [-0.39, 0.29) is 6.04 Å². The summed E-state index contributed by atoms with van der Waals surface area (Å²) in [4.78, 5) is 0. The molecule has 1 aromatic rings. The highest BCUT2D eigenvalue weighted by Crippen LogP contribution is 2.23. The Hall–Kier alpha value is -0.530. The molecule has 78 valence electrons. The third kappa shape index (κ3) is 2.28. The smallest absolute Gasteiger partial charge is 0.0308 e. The van der Waals surface area contributed by atoms with E-state index in [0.29, 0.717) is 5.88 Å². The SMILES string of the molecule is Cc1ccc(C(N)CCCl)c(C)c1C. The van der Waals surface area contributed by atoms with Gasteiger partial charge in [-0.2, -0.15) is 0 Å². The number of benzene rings is 1. The van der Waals surface area contributed by atoms with E-state index in [4.69, 9.17) is 17.3 Å². The molecule has 0 amide bonds. The molecule has 0 heterocycles. The average Bonchev–Trinajstić information content (AvgIpc) is 2.15. The van der Waals surface area contributed by atoms with Gasteiger partial charge in [0, 0.05) is 11.9 Å². The summed E-state index contributed by atoms with van der Waals surface area (Å²) in [6.07, 6.45) is 0.838. The molecule has 0 spiro atoms. The van der Waals surface area contributed by atoms with Crippen molar-refractivity contribution >= 4 is 11.6 Å². The minimum Gasteiger partial charge on any atom is -0.324 e. The van der Waals surface area contributed by atoms with Crippen molar-refractivity contribution in [1.82, 2.24) is 0 Å². The zero-order chi connectivity index (χ0) is 10.7. The van der Waals surface area contributed by atoms with Crippen LogP contribution in [-0.2, 0) is 0 Å².